The molecular weight excluding hydrogens is 318 g/mol. The van der Waals surface area contributed by atoms with Crippen molar-refractivity contribution in [3.05, 3.63) is 0 Å². The molecule has 90 valence electrons. The molecule has 0 atom stereocenters. The van der Waals surface area contributed by atoms with Crippen molar-refractivity contribution in [2.24, 2.45) is 0 Å². The van der Waals surface area contributed by atoms with Gasteiger partial charge >= 0.3 is 59.1 Å². The zero-order valence-electron chi connectivity index (χ0n) is 11.0. The number of hydrogen-bond donors (Lipinski definition) is 2. The van der Waals surface area contributed by atoms with E-state index in [1.54, 1.807) is 0 Å². The normalized spacial score (nSPS) is 11.4. The largest absolute Gasteiger partial charge is 1.00 e. The van der Waals surface area contributed by atoms with Gasteiger partial charge in [0.2, 0.25) is 0 Å². The summed E-state index contributed by atoms with van der Waals surface area (Å²) in [5.74, 6) is -0.378. The van der Waals surface area contributed by atoms with Crippen LogP contribution in [0.1, 0.15) is 2.85 Å². The first kappa shape index (κ1) is 23.6. The molecule has 0 aliphatic heterocycles. The summed E-state index contributed by atoms with van der Waals surface area (Å²) in [5, 5.41) is 0. The van der Waals surface area contributed by atoms with E-state index >= 15 is 0 Å². The van der Waals surface area contributed by atoms with Gasteiger partial charge in [-0.3, -0.25) is 9.11 Å². The maximum absolute atomic E-state index is 10.2. The second-order valence-electron chi connectivity index (χ2n) is 2.22. The van der Waals surface area contributed by atoms with Gasteiger partial charge in [0.25, 0.3) is 20.2 Å². The van der Waals surface area contributed by atoms with E-state index < -0.39 is 20.2 Å². The Hall–Kier alpha value is 2.52. The fourth-order valence-corrected chi connectivity index (χ4v) is 4.79. The van der Waals surface area contributed by atoms with Crippen molar-refractivity contribution in [1.29, 1.82) is 0 Å². The number of hydrogen-bond acceptors (Lipinski definition) is 6. The first-order chi connectivity index (χ1) is 6.21. The van der Waals surface area contributed by atoms with Crippen molar-refractivity contribution in [2.75, 3.05) is 23.0 Å². The Morgan fingerprint density at radius 3 is 1.25 bits per heavy atom. The van der Waals surface area contributed by atoms with Gasteiger partial charge < -0.3 is 2.85 Å². The minimum absolute atomic E-state index is 0. The monoisotopic (exact) mass is 330 g/mol. The van der Waals surface area contributed by atoms with Crippen LogP contribution < -0.4 is 59.1 Å². The van der Waals surface area contributed by atoms with Crippen molar-refractivity contribution in [3.8, 4) is 0 Å². The molecule has 16 heavy (non-hydrogen) atoms. The average Bonchev–Trinajstić information content (AvgIpc) is 1.92. The molecule has 0 spiro atoms. The van der Waals surface area contributed by atoms with Crippen LogP contribution in [-0.2, 0) is 20.2 Å². The molecule has 0 aromatic carbocycles. The molecule has 6 nitrogen and oxygen atoms in total. The predicted molar refractivity (Wildman–Crippen MR) is 60.0 cm³/mol. The minimum Gasteiger partial charge on any atom is -1.00 e. The Morgan fingerprint density at radius 1 is 0.812 bits per heavy atom. The Labute approximate surface area is 151 Å². The van der Waals surface area contributed by atoms with E-state index in [4.69, 9.17) is 9.11 Å². The predicted octanol–water partition coefficient (Wildman–Crippen LogP) is -5.62. The van der Waals surface area contributed by atoms with Crippen molar-refractivity contribution in [1.82, 2.24) is 0 Å². The number of rotatable bonds is 7. The average molecular weight is 330 g/mol. The molecule has 0 saturated heterocycles. The Kier molecular flexibility index (Phi) is 16.7. The van der Waals surface area contributed by atoms with E-state index in [1.807, 2.05) is 0 Å². The molecule has 0 aromatic heterocycles. The van der Waals surface area contributed by atoms with Gasteiger partial charge in [-0.25, -0.2) is 0 Å². The van der Waals surface area contributed by atoms with E-state index in [2.05, 4.69) is 0 Å². The first-order valence-electron chi connectivity index (χ1n) is 3.35. The van der Waals surface area contributed by atoms with Crippen molar-refractivity contribution >= 4 is 41.8 Å². The summed E-state index contributed by atoms with van der Waals surface area (Å²) in [5.41, 5.74) is 0. The maximum atomic E-state index is 10.2. The second kappa shape index (κ2) is 11.4. The third-order valence-electron chi connectivity index (χ3n) is 0.933. The molecule has 0 amide bonds. The smallest absolute Gasteiger partial charge is 1.00 e. The summed E-state index contributed by atoms with van der Waals surface area (Å²) in [6, 6.07) is 0. The minimum atomic E-state index is -3.94. The Morgan fingerprint density at radius 2 is 1.06 bits per heavy atom. The van der Waals surface area contributed by atoms with Gasteiger partial charge in [0, 0.05) is 11.5 Å². The molecule has 0 bridgehead atoms. The van der Waals surface area contributed by atoms with Crippen molar-refractivity contribution < 1.29 is 87.9 Å². The Balaban J connectivity index is -0.000000141. The topological polar surface area (TPSA) is 109 Å². The van der Waals surface area contributed by atoms with Crippen LogP contribution in [0, 0.1) is 0 Å². The van der Waals surface area contributed by atoms with Gasteiger partial charge in [-0.1, -0.05) is 21.6 Å². The summed E-state index contributed by atoms with van der Waals surface area (Å²) in [4.78, 5) is 0. The van der Waals surface area contributed by atoms with Gasteiger partial charge in [0.05, 0.1) is 11.5 Å². The summed E-state index contributed by atoms with van der Waals surface area (Å²) >= 11 is 0. The van der Waals surface area contributed by atoms with Gasteiger partial charge in [-0.15, -0.1) is 0 Å². The molecule has 0 heterocycles. The molecule has 0 saturated carbocycles. The van der Waals surface area contributed by atoms with Gasteiger partial charge in [0.15, 0.2) is 0 Å². The maximum Gasteiger partial charge on any atom is 1.00 e. The molecule has 2 N–H and O–H groups in total. The van der Waals surface area contributed by atoms with Crippen molar-refractivity contribution in [3.63, 3.8) is 0 Å². The molecular formula is C4H12Na2O6S4. The summed E-state index contributed by atoms with van der Waals surface area (Å²) in [6.45, 7) is 0. The molecule has 0 rings (SSSR count). The Bertz CT molecular complexity index is 324. The van der Waals surface area contributed by atoms with Gasteiger partial charge in [-0.05, 0) is 0 Å². The van der Waals surface area contributed by atoms with E-state index in [0.29, 0.717) is 0 Å². The first-order valence-corrected chi connectivity index (χ1v) is 9.06. The molecule has 0 aliphatic rings. The summed E-state index contributed by atoms with van der Waals surface area (Å²) < 4.78 is 57.5. The molecule has 0 aliphatic carbocycles. The quantitative estimate of drug-likeness (QED) is 0.206. The molecule has 0 radical (unpaired) electrons. The third-order valence-corrected chi connectivity index (χ3v) is 5.30. The van der Waals surface area contributed by atoms with Crippen LogP contribution in [0.4, 0.5) is 0 Å². The van der Waals surface area contributed by atoms with Crippen LogP contribution in [0.5, 0.6) is 0 Å². The van der Waals surface area contributed by atoms with E-state index in [9.17, 15) is 16.8 Å². The van der Waals surface area contributed by atoms with Crippen LogP contribution in [0.3, 0.4) is 0 Å². The van der Waals surface area contributed by atoms with Crippen LogP contribution in [0.2, 0.25) is 0 Å². The molecule has 0 fully saturated rings. The van der Waals surface area contributed by atoms with Crippen molar-refractivity contribution in [2.45, 2.75) is 0 Å². The summed E-state index contributed by atoms with van der Waals surface area (Å²) in [6.07, 6.45) is 0. The van der Waals surface area contributed by atoms with E-state index in [1.165, 1.54) is 0 Å². The summed E-state index contributed by atoms with van der Waals surface area (Å²) in [7, 11) is -5.64. The fraction of sp³-hybridized carbons (Fsp3) is 1.00. The zero-order valence-corrected chi connectivity index (χ0v) is 16.3. The second-order valence-corrected chi connectivity index (χ2v) is 8.06. The SMILES string of the molecule is O=S(=O)(O)CCSSCCS(=O)(=O)O.[H-].[H-].[Na+].[Na+]. The van der Waals surface area contributed by atoms with E-state index in [-0.39, 0.29) is 85.0 Å². The van der Waals surface area contributed by atoms with Gasteiger partial charge in [0.1, 0.15) is 0 Å². The standard InChI is InChI=1S/C4H10O6S4.2Na.2H/c5-13(6,7)3-1-11-12-2-4-14(8,9)10;;;;/h1-4H2,(H,5,6,7)(H,8,9,10);;;;/q;2*+1;2*-1. The zero-order chi connectivity index (χ0) is 11.2. The van der Waals surface area contributed by atoms with Crippen LogP contribution in [0.15, 0.2) is 0 Å². The van der Waals surface area contributed by atoms with Crippen LogP contribution in [-0.4, -0.2) is 49.0 Å². The molecule has 0 aromatic rings. The molecule has 0 unspecified atom stereocenters. The molecule has 12 heteroatoms. The van der Waals surface area contributed by atoms with Crippen LogP contribution >= 0.6 is 21.6 Å². The third kappa shape index (κ3) is 21.8. The fourth-order valence-electron chi connectivity index (χ4n) is 0.397. The van der Waals surface area contributed by atoms with Gasteiger partial charge in [-0.2, -0.15) is 16.8 Å². The van der Waals surface area contributed by atoms with E-state index in [0.717, 1.165) is 21.6 Å². The van der Waals surface area contributed by atoms with Crippen LogP contribution in [0.25, 0.3) is 0 Å².